The number of benzene rings is 1. The van der Waals surface area contributed by atoms with E-state index in [1.165, 1.54) is 0 Å². The second-order valence-corrected chi connectivity index (χ2v) is 7.35. The fourth-order valence-corrected chi connectivity index (χ4v) is 2.68. The van der Waals surface area contributed by atoms with Crippen LogP contribution in [0.2, 0.25) is 0 Å². The molecule has 7 heteroatoms. The second kappa shape index (κ2) is 9.21. The van der Waals surface area contributed by atoms with Gasteiger partial charge in [-0.25, -0.2) is 9.59 Å². The van der Waals surface area contributed by atoms with Gasteiger partial charge in [0.1, 0.15) is 12.2 Å². The third-order valence-electron chi connectivity index (χ3n) is 3.91. The summed E-state index contributed by atoms with van der Waals surface area (Å²) in [7, 11) is 0. The Bertz CT molecular complexity index is 694. The average Bonchev–Trinajstić information content (AvgIpc) is 2.59. The molecule has 2 unspecified atom stereocenters. The average molecular weight is 374 g/mol. The summed E-state index contributed by atoms with van der Waals surface area (Å²) in [5, 5.41) is 4.96. The zero-order valence-electron chi connectivity index (χ0n) is 15.9. The molecule has 27 heavy (non-hydrogen) atoms. The molecule has 0 aliphatic heterocycles. The zero-order chi connectivity index (χ0) is 19.9. The van der Waals surface area contributed by atoms with Crippen LogP contribution in [0.4, 0.5) is 9.59 Å². The van der Waals surface area contributed by atoms with Crippen molar-refractivity contribution in [2.45, 2.75) is 51.9 Å². The molecule has 0 fully saturated rings. The van der Waals surface area contributed by atoms with Crippen molar-refractivity contribution in [3.63, 3.8) is 0 Å². The normalized spacial score (nSPS) is 19.1. The molecule has 3 amide bonds. The van der Waals surface area contributed by atoms with Gasteiger partial charge in [0.25, 0.3) is 0 Å². The number of ether oxygens (including phenoxy) is 2. The van der Waals surface area contributed by atoms with E-state index >= 15 is 0 Å². The van der Waals surface area contributed by atoms with Gasteiger partial charge in [-0.3, -0.25) is 10.1 Å². The highest BCUT2D eigenvalue weighted by molar-refractivity contribution is 5.94. The van der Waals surface area contributed by atoms with Crippen LogP contribution in [-0.2, 0) is 20.9 Å². The van der Waals surface area contributed by atoms with Crippen molar-refractivity contribution < 1.29 is 23.9 Å². The highest BCUT2D eigenvalue weighted by Gasteiger charge is 2.32. The molecule has 146 valence electrons. The first kappa shape index (κ1) is 20.5. The standard InChI is InChI=1S/C20H26N2O5/c1-20(2,3)27-19(25)22-17(23)15-11-7-8-12-16(15)21-18(24)26-13-14-9-5-4-6-10-14/h4-10,15-16H,11-13H2,1-3H3,(H,21,24)(H,22,23,25). The van der Waals surface area contributed by atoms with Crippen molar-refractivity contribution in [2.75, 3.05) is 0 Å². The summed E-state index contributed by atoms with van der Waals surface area (Å²) >= 11 is 0. The van der Waals surface area contributed by atoms with Crippen LogP contribution in [0.1, 0.15) is 39.2 Å². The molecule has 2 N–H and O–H groups in total. The van der Waals surface area contributed by atoms with E-state index in [4.69, 9.17) is 9.47 Å². The number of amides is 3. The largest absolute Gasteiger partial charge is 0.445 e. The highest BCUT2D eigenvalue weighted by atomic mass is 16.6. The molecular weight excluding hydrogens is 348 g/mol. The minimum Gasteiger partial charge on any atom is -0.445 e. The third-order valence-corrected chi connectivity index (χ3v) is 3.91. The monoisotopic (exact) mass is 374 g/mol. The van der Waals surface area contributed by atoms with Crippen LogP contribution in [0.5, 0.6) is 0 Å². The lowest BCUT2D eigenvalue weighted by Crippen LogP contribution is -2.49. The van der Waals surface area contributed by atoms with E-state index in [-0.39, 0.29) is 6.61 Å². The first-order valence-electron chi connectivity index (χ1n) is 8.90. The molecular formula is C20H26N2O5. The van der Waals surface area contributed by atoms with Crippen molar-refractivity contribution in [1.29, 1.82) is 0 Å². The van der Waals surface area contributed by atoms with Gasteiger partial charge in [-0.15, -0.1) is 0 Å². The molecule has 0 bridgehead atoms. The van der Waals surface area contributed by atoms with Crippen molar-refractivity contribution >= 4 is 18.1 Å². The summed E-state index contributed by atoms with van der Waals surface area (Å²) < 4.78 is 10.3. The number of imide groups is 1. The Balaban J connectivity index is 1.88. The number of hydrogen-bond donors (Lipinski definition) is 2. The van der Waals surface area contributed by atoms with E-state index in [0.717, 1.165) is 5.56 Å². The maximum atomic E-state index is 12.4. The lowest BCUT2D eigenvalue weighted by Gasteiger charge is -2.28. The number of allylic oxidation sites excluding steroid dienone is 1. The van der Waals surface area contributed by atoms with Gasteiger partial charge in [0.05, 0.1) is 5.92 Å². The Kier molecular flexibility index (Phi) is 6.98. The Morgan fingerprint density at radius 3 is 2.37 bits per heavy atom. The molecule has 0 saturated carbocycles. The van der Waals surface area contributed by atoms with E-state index in [2.05, 4.69) is 10.6 Å². The molecule has 0 spiro atoms. The predicted octanol–water partition coefficient (Wildman–Crippen LogP) is 3.30. The maximum Gasteiger partial charge on any atom is 0.414 e. The number of rotatable bonds is 4. The summed E-state index contributed by atoms with van der Waals surface area (Å²) in [5.74, 6) is -1.06. The van der Waals surface area contributed by atoms with Crippen LogP contribution in [0.15, 0.2) is 42.5 Å². The van der Waals surface area contributed by atoms with Gasteiger partial charge in [-0.1, -0.05) is 42.5 Å². The predicted molar refractivity (Wildman–Crippen MR) is 99.8 cm³/mol. The number of carbonyl (C=O) groups is 3. The molecule has 2 rings (SSSR count). The highest BCUT2D eigenvalue weighted by Crippen LogP contribution is 2.20. The summed E-state index contributed by atoms with van der Waals surface area (Å²) in [6, 6.07) is 8.85. The van der Waals surface area contributed by atoms with Crippen LogP contribution in [0.25, 0.3) is 0 Å². The number of nitrogens with one attached hydrogen (secondary N) is 2. The zero-order valence-corrected chi connectivity index (χ0v) is 15.9. The quantitative estimate of drug-likeness (QED) is 0.789. The Morgan fingerprint density at radius 2 is 1.70 bits per heavy atom. The van der Waals surface area contributed by atoms with E-state index in [9.17, 15) is 14.4 Å². The summed E-state index contributed by atoms with van der Waals surface area (Å²) in [6.07, 6.45) is 3.24. The fraction of sp³-hybridized carbons (Fsp3) is 0.450. The summed E-state index contributed by atoms with van der Waals surface area (Å²) in [6.45, 7) is 5.29. The summed E-state index contributed by atoms with van der Waals surface area (Å²) in [5.41, 5.74) is 0.172. The van der Waals surface area contributed by atoms with E-state index in [1.807, 2.05) is 42.5 Å². The van der Waals surface area contributed by atoms with Crippen molar-refractivity contribution in [3.8, 4) is 0 Å². The first-order valence-corrected chi connectivity index (χ1v) is 8.90. The molecule has 1 aromatic rings. The van der Waals surface area contributed by atoms with Crippen molar-refractivity contribution in [1.82, 2.24) is 10.6 Å². The van der Waals surface area contributed by atoms with Crippen molar-refractivity contribution in [3.05, 3.63) is 48.0 Å². The first-order chi connectivity index (χ1) is 12.7. The third kappa shape index (κ3) is 7.13. The second-order valence-electron chi connectivity index (χ2n) is 7.35. The van der Waals surface area contributed by atoms with E-state index < -0.39 is 35.7 Å². The van der Waals surface area contributed by atoms with Gasteiger partial charge >= 0.3 is 12.2 Å². The Hall–Kier alpha value is -2.83. The number of hydrogen-bond acceptors (Lipinski definition) is 5. The molecule has 1 aliphatic carbocycles. The van der Waals surface area contributed by atoms with Crippen LogP contribution >= 0.6 is 0 Å². The molecule has 0 saturated heterocycles. The van der Waals surface area contributed by atoms with Gasteiger partial charge in [0.15, 0.2) is 0 Å². The van der Waals surface area contributed by atoms with Crippen LogP contribution < -0.4 is 10.6 Å². The van der Waals surface area contributed by atoms with Crippen LogP contribution in [-0.4, -0.2) is 29.7 Å². The number of alkyl carbamates (subject to hydrolysis) is 2. The smallest absolute Gasteiger partial charge is 0.414 e. The van der Waals surface area contributed by atoms with E-state index in [0.29, 0.717) is 12.8 Å². The minimum atomic E-state index is -0.799. The van der Waals surface area contributed by atoms with Crippen molar-refractivity contribution in [2.24, 2.45) is 5.92 Å². The Labute approximate surface area is 159 Å². The van der Waals surface area contributed by atoms with E-state index in [1.54, 1.807) is 20.8 Å². The van der Waals surface area contributed by atoms with Crippen LogP contribution in [0, 0.1) is 5.92 Å². The molecule has 0 radical (unpaired) electrons. The lowest BCUT2D eigenvalue weighted by molar-refractivity contribution is -0.125. The fourth-order valence-electron chi connectivity index (χ4n) is 2.68. The summed E-state index contributed by atoms with van der Waals surface area (Å²) in [4.78, 5) is 36.3. The van der Waals surface area contributed by atoms with Gasteiger partial charge in [0, 0.05) is 6.04 Å². The molecule has 1 aromatic carbocycles. The van der Waals surface area contributed by atoms with Gasteiger partial charge in [0.2, 0.25) is 5.91 Å². The SMILES string of the molecule is CC(C)(C)OC(=O)NC(=O)C1CC=CCC1NC(=O)OCc1ccccc1. The number of carbonyl (C=O) groups excluding carboxylic acids is 3. The minimum absolute atomic E-state index is 0.143. The molecule has 2 atom stereocenters. The molecule has 1 aliphatic rings. The van der Waals surface area contributed by atoms with Crippen LogP contribution in [0.3, 0.4) is 0 Å². The van der Waals surface area contributed by atoms with Gasteiger partial charge in [-0.05, 0) is 39.2 Å². The maximum absolute atomic E-state index is 12.4. The topological polar surface area (TPSA) is 93.7 Å². The Morgan fingerprint density at radius 1 is 1.04 bits per heavy atom. The molecule has 0 aromatic heterocycles. The molecule has 0 heterocycles. The lowest BCUT2D eigenvalue weighted by atomic mass is 9.88. The van der Waals surface area contributed by atoms with Gasteiger partial charge in [-0.2, -0.15) is 0 Å². The van der Waals surface area contributed by atoms with Gasteiger partial charge < -0.3 is 14.8 Å². The molecule has 7 nitrogen and oxygen atoms in total.